The number of benzene rings is 1. The lowest BCUT2D eigenvalue weighted by molar-refractivity contribution is 0.0719. The Kier molecular flexibility index (Phi) is 4.04. The molecule has 1 aliphatic rings. The molecule has 1 aromatic carbocycles. The van der Waals surface area contributed by atoms with Crippen molar-refractivity contribution in [3.63, 3.8) is 0 Å². The largest absolute Gasteiger partial charge is 0.506 e. The number of hydrogen-bond acceptors (Lipinski definition) is 8. The number of halogens is 1. The fourth-order valence-electron chi connectivity index (χ4n) is 2.12. The molecule has 2 heterocycles. The Bertz CT molecular complexity index is 756. The highest BCUT2D eigenvalue weighted by atomic mass is 19.1. The summed E-state index contributed by atoms with van der Waals surface area (Å²) < 4.78 is 18.4. The van der Waals surface area contributed by atoms with Gasteiger partial charge in [-0.15, -0.1) is 10.2 Å². The molecule has 1 aromatic heterocycles. The molecule has 0 amide bonds. The van der Waals surface area contributed by atoms with E-state index in [1.165, 1.54) is 23.4 Å². The molecule has 1 aliphatic heterocycles. The fraction of sp³-hybridized carbons (Fsp3) is 0.214. The second-order valence-electron chi connectivity index (χ2n) is 4.98. The van der Waals surface area contributed by atoms with Crippen molar-refractivity contribution in [1.82, 2.24) is 20.6 Å². The summed E-state index contributed by atoms with van der Waals surface area (Å²) in [5.41, 5.74) is 2.84. The summed E-state index contributed by atoms with van der Waals surface area (Å²) in [6.45, 7) is 0. The molecule has 0 spiro atoms. The van der Waals surface area contributed by atoms with Crippen LogP contribution in [0, 0.1) is 5.82 Å². The second-order valence-corrected chi connectivity index (χ2v) is 4.98. The van der Waals surface area contributed by atoms with E-state index in [2.05, 4.69) is 15.2 Å². The maximum atomic E-state index is 12.9. The van der Waals surface area contributed by atoms with E-state index in [0.717, 1.165) is 5.56 Å². The number of aromatic nitrogens is 2. The molecule has 0 bridgehead atoms. The van der Waals surface area contributed by atoms with Crippen molar-refractivity contribution < 1.29 is 19.1 Å². The quantitative estimate of drug-likeness (QED) is 0.729. The van der Waals surface area contributed by atoms with Crippen molar-refractivity contribution in [2.75, 3.05) is 7.05 Å². The molecule has 23 heavy (non-hydrogen) atoms. The lowest BCUT2D eigenvalue weighted by Crippen LogP contribution is -2.44. The van der Waals surface area contributed by atoms with Gasteiger partial charge in [-0.25, -0.2) is 9.38 Å². The molecule has 0 aliphatic carbocycles. The average Bonchev–Trinajstić information content (AvgIpc) is 2.98. The van der Waals surface area contributed by atoms with E-state index < -0.39 is 6.17 Å². The highest BCUT2D eigenvalue weighted by molar-refractivity contribution is 5.74. The van der Waals surface area contributed by atoms with Gasteiger partial charge in [-0.2, -0.15) is 5.48 Å². The molecule has 3 rings (SSSR count). The van der Waals surface area contributed by atoms with Gasteiger partial charge in [0.2, 0.25) is 5.89 Å². The van der Waals surface area contributed by atoms with E-state index in [1.54, 1.807) is 19.2 Å². The number of rotatable bonds is 4. The van der Waals surface area contributed by atoms with Crippen LogP contribution in [-0.2, 0) is 6.42 Å². The van der Waals surface area contributed by atoms with E-state index >= 15 is 0 Å². The molecule has 120 valence electrons. The maximum Gasteiger partial charge on any atom is 0.270 e. The number of hydroxylamine groups is 1. The minimum atomic E-state index is -0.852. The van der Waals surface area contributed by atoms with E-state index in [0.29, 0.717) is 12.3 Å². The van der Waals surface area contributed by atoms with Crippen LogP contribution in [0.1, 0.15) is 17.3 Å². The predicted molar refractivity (Wildman–Crippen MR) is 78.0 cm³/mol. The van der Waals surface area contributed by atoms with Crippen LogP contribution in [0.4, 0.5) is 4.39 Å². The number of aliphatic hydroxyl groups is 1. The minimum Gasteiger partial charge on any atom is -0.506 e. The highest BCUT2D eigenvalue weighted by Gasteiger charge is 2.27. The van der Waals surface area contributed by atoms with Crippen LogP contribution in [0.2, 0.25) is 0 Å². The normalized spacial score (nSPS) is 17.9. The van der Waals surface area contributed by atoms with Crippen LogP contribution in [0.15, 0.2) is 39.4 Å². The summed E-state index contributed by atoms with van der Waals surface area (Å²) in [6, 6.07) is 5.93. The van der Waals surface area contributed by atoms with Gasteiger partial charge in [-0.1, -0.05) is 12.1 Å². The molecule has 0 saturated heterocycles. The van der Waals surface area contributed by atoms with E-state index in [1.807, 2.05) is 5.48 Å². The third-order valence-corrected chi connectivity index (χ3v) is 3.34. The number of hydrogen-bond donors (Lipinski definition) is 3. The van der Waals surface area contributed by atoms with Crippen LogP contribution < -0.4 is 5.48 Å². The number of likely N-dealkylation sites (N-methyl/N-ethyl adjacent to an activating group) is 1. The SMILES string of the molecule is CN1C=NC(c2nnc(Cc3ccc(F)cc3)o2)=C(O)C1NO. The van der Waals surface area contributed by atoms with E-state index in [9.17, 15) is 9.50 Å². The summed E-state index contributed by atoms with van der Waals surface area (Å²) in [5, 5.41) is 26.9. The minimum absolute atomic E-state index is 0.0317. The number of nitrogens with one attached hydrogen (secondary N) is 1. The van der Waals surface area contributed by atoms with Gasteiger partial charge in [-0.3, -0.25) is 0 Å². The summed E-state index contributed by atoms with van der Waals surface area (Å²) in [7, 11) is 1.62. The smallest absolute Gasteiger partial charge is 0.270 e. The van der Waals surface area contributed by atoms with Gasteiger partial charge in [-0.05, 0) is 17.7 Å². The Morgan fingerprint density at radius 3 is 2.74 bits per heavy atom. The first-order valence-electron chi connectivity index (χ1n) is 6.74. The van der Waals surface area contributed by atoms with E-state index in [-0.39, 0.29) is 23.2 Å². The van der Waals surface area contributed by atoms with Crippen molar-refractivity contribution >= 4 is 12.0 Å². The second kappa shape index (κ2) is 6.15. The molecule has 0 radical (unpaired) electrons. The van der Waals surface area contributed by atoms with Crippen molar-refractivity contribution in [2.24, 2.45) is 4.99 Å². The molecular weight excluding hydrogens is 305 g/mol. The molecule has 0 fully saturated rings. The molecule has 8 nitrogen and oxygen atoms in total. The average molecular weight is 319 g/mol. The summed E-state index contributed by atoms with van der Waals surface area (Å²) in [4.78, 5) is 5.49. The van der Waals surface area contributed by atoms with Gasteiger partial charge >= 0.3 is 0 Å². The summed E-state index contributed by atoms with van der Waals surface area (Å²) in [5.74, 6) is -0.230. The molecule has 3 N–H and O–H groups in total. The lowest BCUT2D eigenvalue weighted by atomic mass is 10.1. The molecule has 1 unspecified atom stereocenters. The molecule has 0 saturated carbocycles. The molecule has 2 aromatic rings. The Hall–Kier alpha value is -2.78. The molecular formula is C14H14FN5O3. The van der Waals surface area contributed by atoms with Crippen LogP contribution in [0.3, 0.4) is 0 Å². The van der Waals surface area contributed by atoms with Crippen LogP contribution in [0.25, 0.3) is 5.70 Å². The van der Waals surface area contributed by atoms with Gasteiger partial charge in [0.25, 0.3) is 5.89 Å². The zero-order chi connectivity index (χ0) is 16.4. The van der Waals surface area contributed by atoms with Gasteiger partial charge < -0.3 is 19.6 Å². The third kappa shape index (κ3) is 3.05. The standard InChI is InChI=1S/C14H14FN5O3/c1-20-7-16-11(12(21)13(20)19-22)14-18-17-10(23-14)6-8-2-4-9(15)5-3-8/h2-5,7,13,19,21-22H,6H2,1H3. The Morgan fingerprint density at radius 2 is 2.04 bits per heavy atom. The first-order valence-corrected chi connectivity index (χ1v) is 6.74. The number of aliphatic hydroxyl groups excluding tert-OH is 1. The number of nitrogens with zero attached hydrogens (tertiary/aromatic N) is 4. The first-order chi connectivity index (χ1) is 11.1. The predicted octanol–water partition coefficient (Wildman–Crippen LogP) is 1.30. The highest BCUT2D eigenvalue weighted by Crippen LogP contribution is 2.24. The number of aliphatic imine (C=N–C) groups is 1. The van der Waals surface area contributed by atoms with Gasteiger partial charge in [0, 0.05) is 7.05 Å². The van der Waals surface area contributed by atoms with Gasteiger partial charge in [0.05, 0.1) is 12.8 Å². The Morgan fingerprint density at radius 1 is 1.30 bits per heavy atom. The van der Waals surface area contributed by atoms with Crippen molar-refractivity contribution in [1.29, 1.82) is 0 Å². The Labute approximate surface area is 130 Å². The topological polar surface area (TPSA) is 107 Å². The molecule has 1 atom stereocenters. The Balaban J connectivity index is 1.83. The zero-order valence-electron chi connectivity index (χ0n) is 12.1. The summed E-state index contributed by atoms with van der Waals surface area (Å²) in [6.07, 6.45) is 0.884. The van der Waals surface area contributed by atoms with E-state index in [4.69, 9.17) is 9.62 Å². The maximum absolute atomic E-state index is 12.9. The van der Waals surface area contributed by atoms with Gasteiger partial charge in [0.15, 0.2) is 17.6 Å². The zero-order valence-corrected chi connectivity index (χ0v) is 12.1. The van der Waals surface area contributed by atoms with Crippen LogP contribution in [0.5, 0.6) is 0 Å². The fourth-order valence-corrected chi connectivity index (χ4v) is 2.12. The van der Waals surface area contributed by atoms with Crippen LogP contribution in [-0.4, -0.2) is 45.0 Å². The van der Waals surface area contributed by atoms with Crippen molar-refractivity contribution in [3.8, 4) is 0 Å². The van der Waals surface area contributed by atoms with Gasteiger partial charge in [0.1, 0.15) is 5.82 Å². The first kappa shape index (κ1) is 15.1. The molecule has 9 heteroatoms. The third-order valence-electron chi connectivity index (χ3n) is 3.34. The van der Waals surface area contributed by atoms with Crippen molar-refractivity contribution in [3.05, 3.63) is 53.2 Å². The van der Waals surface area contributed by atoms with Crippen molar-refractivity contribution in [2.45, 2.75) is 12.6 Å². The van der Waals surface area contributed by atoms with Crippen LogP contribution >= 0.6 is 0 Å². The summed E-state index contributed by atoms with van der Waals surface area (Å²) >= 11 is 0. The monoisotopic (exact) mass is 319 g/mol. The lowest BCUT2D eigenvalue weighted by Gasteiger charge is -2.27.